The second-order valence-electron chi connectivity index (χ2n) is 2.78. The molecule has 12 heavy (non-hydrogen) atoms. The predicted octanol–water partition coefficient (Wildman–Crippen LogP) is -0.125. The largest absolute Gasteiger partial charge is 0.370 e. The van der Waals surface area contributed by atoms with Crippen LogP contribution in [0.15, 0.2) is 0 Å². The molecule has 0 bridgehead atoms. The Labute approximate surface area is 73.5 Å². The molecule has 4 heteroatoms. The molecule has 0 aromatic carbocycles. The van der Waals surface area contributed by atoms with Crippen molar-refractivity contribution in [2.75, 3.05) is 13.7 Å². The third-order valence-corrected chi connectivity index (χ3v) is 1.79. The van der Waals surface area contributed by atoms with Gasteiger partial charge in [0, 0.05) is 19.7 Å². The number of hydrogen-bond acceptors (Lipinski definition) is 3. The van der Waals surface area contributed by atoms with Gasteiger partial charge in [0.25, 0.3) is 5.91 Å². The van der Waals surface area contributed by atoms with Crippen molar-refractivity contribution in [1.29, 1.82) is 0 Å². The van der Waals surface area contributed by atoms with Gasteiger partial charge in [-0.15, -0.1) is 0 Å². The average molecular weight is 174 g/mol. The van der Waals surface area contributed by atoms with Gasteiger partial charge in [-0.1, -0.05) is 6.92 Å². The Balaban J connectivity index is 3.84. The highest BCUT2D eigenvalue weighted by Gasteiger charge is 2.16. The molecule has 72 valence electrons. The summed E-state index contributed by atoms with van der Waals surface area (Å²) in [5, 5.41) is 2.79. The van der Waals surface area contributed by atoms with Crippen LogP contribution in [-0.4, -0.2) is 31.7 Å². The number of rotatable bonds is 5. The van der Waals surface area contributed by atoms with Crippen molar-refractivity contribution in [2.45, 2.75) is 32.4 Å². The predicted molar refractivity (Wildman–Crippen MR) is 47.7 cm³/mol. The van der Waals surface area contributed by atoms with E-state index in [1.54, 1.807) is 0 Å². The van der Waals surface area contributed by atoms with E-state index in [0.717, 1.165) is 6.42 Å². The van der Waals surface area contributed by atoms with Gasteiger partial charge in [0.15, 0.2) is 0 Å². The summed E-state index contributed by atoms with van der Waals surface area (Å²) in [6, 6.07) is 0.182. The molecule has 0 heterocycles. The number of carbonyl (C=O) groups excluding carboxylic acids is 1. The Hall–Kier alpha value is -0.610. The van der Waals surface area contributed by atoms with Crippen LogP contribution in [0.3, 0.4) is 0 Å². The van der Waals surface area contributed by atoms with Gasteiger partial charge in [-0.25, -0.2) is 0 Å². The van der Waals surface area contributed by atoms with Crippen LogP contribution in [0.2, 0.25) is 0 Å². The Morgan fingerprint density at radius 3 is 2.58 bits per heavy atom. The second kappa shape index (κ2) is 5.97. The van der Waals surface area contributed by atoms with E-state index in [0.29, 0.717) is 0 Å². The molecule has 0 aliphatic rings. The molecule has 0 aliphatic heterocycles. The molecule has 0 aliphatic carbocycles. The van der Waals surface area contributed by atoms with Crippen molar-refractivity contribution >= 4 is 5.91 Å². The summed E-state index contributed by atoms with van der Waals surface area (Å²) in [6.45, 7) is 4.18. The summed E-state index contributed by atoms with van der Waals surface area (Å²) >= 11 is 0. The maximum Gasteiger partial charge on any atom is 0.250 e. The van der Waals surface area contributed by atoms with Crippen molar-refractivity contribution in [3.05, 3.63) is 0 Å². The van der Waals surface area contributed by atoms with Crippen LogP contribution in [0.25, 0.3) is 0 Å². The normalized spacial score (nSPS) is 15.3. The van der Waals surface area contributed by atoms with Crippen molar-refractivity contribution in [1.82, 2.24) is 5.32 Å². The lowest BCUT2D eigenvalue weighted by molar-refractivity contribution is -0.131. The minimum absolute atomic E-state index is 0.130. The van der Waals surface area contributed by atoms with Gasteiger partial charge < -0.3 is 15.8 Å². The smallest absolute Gasteiger partial charge is 0.250 e. The SMILES string of the molecule is CCC(C)NC(=O)C(CN)OC. The summed E-state index contributed by atoms with van der Waals surface area (Å²) in [5.41, 5.74) is 5.32. The van der Waals surface area contributed by atoms with Crippen molar-refractivity contribution in [3.8, 4) is 0 Å². The highest BCUT2D eigenvalue weighted by atomic mass is 16.5. The topological polar surface area (TPSA) is 64.4 Å². The zero-order valence-corrected chi connectivity index (χ0v) is 7.96. The number of hydrogen-bond donors (Lipinski definition) is 2. The Kier molecular flexibility index (Phi) is 5.66. The number of nitrogens with one attached hydrogen (secondary N) is 1. The summed E-state index contributed by atoms with van der Waals surface area (Å²) in [7, 11) is 1.48. The van der Waals surface area contributed by atoms with E-state index in [1.165, 1.54) is 7.11 Å². The van der Waals surface area contributed by atoms with Crippen molar-refractivity contribution in [2.24, 2.45) is 5.73 Å². The molecule has 2 unspecified atom stereocenters. The first-order valence-corrected chi connectivity index (χ1v) is 4.18. The Morgan fingerprint density at radius 1 is 1.67 bits per heavy atom. The van der Waals surface area contributed by atoms with Gasteiger partial charge in [-0.2, -0.15) is 0 Å². The molecule has 3 N–H and O–H groups in total. The van der Waals surface area contributed by atoms with E-state index in [4.69, 9.17) is 10.5 Å². The van der Waals surface area contributed by atoms with Crippen LogP contribution in [0.4, 0.5) is 0 Å². The van der Waals surface area contributed by atoms with E-state index < -0.39 is 6.10 Å². The van der Waals surface area contributed by atoms with Crippen molar-refractivity contribution in [3.63, 3.8) is 0 Å². The molecule has 4 nitrogen and oxygen atoms in total. The average Bonchev–Trinajstić information content (AvgIpc) is 2.06. The summed E-state index contributed by atoms with van der Waals surface area (Å²) in [6.07, 6.45) is 0.395. The first-order chi connectivity index (χ1) is 5.65. The van der Waals surface area contributed by atoms with Gasteiger partial charge in [-0.3, -0.25) is 4.79 Å². The standard InChI is InChI=1S/C8H18N2O2/c1-4-6(2)10-8(11)7(5-9)12-3/h6-7H,4-5,9H2,1-3H3,(H,10,11). The molecule has 0 fully saturated rings. The van der Waals surface area contributed by atoms with E-state index in [2.05, 4.69) is 5.32 Å². The summed E-state index contributed by atoms with van der Waals surface area (Å²) in [5.74, 6) is -0.130. The zero-order valence-electron chi connectivity index (χ0n) is 7.96. The quantitative estimate of drug-likeness (QED) is 0.610. The minimum atomic E-state index is -0.515. The lowest BCUT2D eigenvalue weighted by Crippen LogP contribution is -2.44. The molecule has 0 rings (SSSR count). The highest BCUT2D eigenvalue weighted by molar-refractivity contribution is 5.81. The van der Waals surface area contributed by atoms with Gasteiger partial charge in [0.1, 0.15) is 6.10 Å². The number of carbonyl (C=O) groups is 1. The van der Waals surface area contributed by atoms with Gasteiger partial charge in [0.2, 0.25) is 0 Å². The van der Waals surface area contributed by atoms with Crippen LogP contribution in [0.1, 0.15) is 20.3 Å². The monoisotopic (exact) mass is 174 g/mol. The molecular formula is C8H18N2O2. The number of ether oxygens (including phenoxy) is 1. The van der Waals surface area contributed by atoms with E-state index >= 15 is 0 Å². The first-order valence-electron chi connectivity index (χ1n) is 4.18. The van der Waals surface area contributed by atoms with Gasteiger partial charge in [-0.05, 0) is 13.3 Å². The molecule has 2 atom stereocenters. The van der Waals surface area contributed by atoms with Crippen LogP contribution >= 0.6 is 0 Å². The lowest BCUT2D eigenvalue weighted by atomic mass is 10.2. The number of amides is 1. The molecule has 0 aromatic rings. The summed E-state index contributed by atoms with van der Waals surface area (Å²) in [4.78, 5) is 11.3. The van der Waals surface area contributed by atoms with Crippen LogP contribution < -0.4 is 11.1 Å². The van der Waals surface area contributed by atoms with Crippen LogP contribution in [-0.2, 0) is 9.53 Å². The molecule has 1 amide bonds. The van der Waals surface area contributed by atoms with Crippen LogP contribution in [0.5, 0.6) is 0 Å². The molecule has 0 saturated heterocycles. The fourth-order valence-electron chi connectivity index (χ4n) is 0.748. The second-order valence-corrected chi connectivity index (χ2v) is 2.78. The Morgan fingerprint density at radius 2 is 2.25 bits per heavy atom. The fraction of sp³-hybridized carbons (Fsp3) is 0.875. The van der Waals surface area contributed by atoms with Crippen molar-refractivity contribution < 1.29 is 9.53 Å². The van der Waals surface area contributed by atoms with E-state index in [1.807, 2.05) is 13.8 Å². The molecule has 0 radical (unpaired) electrons. The fourth-order valence-corrected chi connectivity index (χ4v) is 0.748. The maximum absolute atomic E-state index is 11.3. The molecule has 0 spiro atoms. The van der Waals surface area contributed by atoms with Gasteiger partial charge >= 0.3 is 0 Å². The lowest BCUT2D eigenvalue weighted by Gasteiger charge is -2.16. The molecule has 0 saturated carbocycles. The third kappa shape index (κ3) is 3.69. The summed E-state index contributed by atoms with van der Waals surface area (Å²) < 4.78 is 4.87. The Bertz CT molecular complexity index is 135. The first kappa shape index (κ1) is 11.4. The molecule has 0 aromatic heterocycles. The highest BCUT2D eigenvalue weighted by Crippen LogP contribution is 1.92. The number of nitrogens with two attached hydrogens (primary N) is 1. The zero-order chi connectivity index (χ0) is 9.56. The third-order valence-electron chi connectivity index (χ3n) is 1.79. The van der Waals surface area contributed by atoms with E-state index in [9.17, 15) is 4.79 Å². The van der Waals surface area contributed by atoms with Gasteiger partial charge in [0.05, 0.1) is 0 Å². The molecular weight excluding hydrogens is 156 g/mol. The van der Waals surface area contributed by atoms with Crippen LogP contribution in [0, 0.1) is 0 Å². The van der Waals surface area contributed by atoms with E-state index in [-0.39, 0.29) is 18.5 Å². The maximum atomic E-state index is 11.3. The minimum Gasteiger partial charge on any atom is -0.370 e. The number of methoxy groups -OCH3 is 1.